The van der Waals surface area contributed by atoms with Crippen LogP contribution in [0, 0.1) is 29.1 Å². The van der Waals surface area contributed by atoms with Crippen molar-refractivity contribution in [2.75, 3.05) is 6.54 Å². The number of rotatable bonds is 6. The Morgan fingerprint density at radius 2 is 1.65 bits per heavy atom. The number of carbonyl (C=O) groups excluding carboxylic acids is 3. The summed E-state index contributed by atoms with van der Waals surface area (Å²) in [5.74, 6) is 2.44. The summed E-state index contributed by atoms with van der Waals surface area (Å²) in [6.45, 7) is 5.98. The fourth-order valence-corrected chi connectivity index (χ4v) is 6.40. The first kappa shape index (κ1) is 18.0. The first-order valence-electron chi connectivity index (χ1n) is 10.4. The van der Waals surface area contributed by atoms with Crippen molar-refractivity contribution in [3.63, 3.8) is 0 Å². The zero-order chi connectivity index (χ0) is 18.7. The number of nitrogens with zero attached hydrogens (tertiary/aromatic N) is 1. The van der Waals surface area contributed by atoms with Gasteiger partial charge in [-0.05, 0) is 82.0 Å². The molecule has 1 saturated heterocycles. The van der Waals surface area contributed by atoms with Gasteiger partial charge in [0.05, 0.1) is 6.54 Å². The number of imide groups is 1. The highest BCUT2D eigenvalue weighted by Gasteiger charge is 2.56. The molecule has 0 aromatic rings. The van der Waals surface area contributed by atoms with E-state index >= 15 is 0 Å². The smallest absolute Gasteiger partial charge is 0.323 e. The Labute approximate surface area is 156 Å². The molecule has 144 valence electrons. The van der Waals surface area contributed by atoms with Gasteiger partial charge in [-0.15, -0.1) is 0 Å². The highest BCUT2D eigenvalue weighted by Crippen LogP contribution is 2.60. The van der Waals surface area contributed by atoms with E-state index in [4.69, 9.17) is 0 Å². The third kappa shape index (κ3) is 2.87. The lowest BCUT2D eigenvalue weighted by Crippen LogP contribution is -2.53. The van der Waals surface area contributed by atoms with Gasteiger partial charge in [0, 0.05) is 5.41 Å². The van der Waals surface area contributed by atoms with Crippen molar-refractivity contribution >= 4 is 17.7 Å². The number of nitrogens with one attached hydrogen (secondary N) is 1. The SMILES string of the molecule is CC(C)CC[C@@]1(C)NC(=O)N(CC(=O)C23CC4CC(CC(C4)C2)C3)C1=O. The van der Waals surface area contributed by atoms with Gasteiger partial charge in [0.25, 0.3) is 5.91 Å². The van der Waals surface area contributed by atoms with E-state index in [0.717, 1.165) is 25.7 Å². The lowest BCUT2D eigenvalue weighted by Gasteiger charge is -2.56. The molecule has 3 amide bonds. The molecule has 0 radical (unpaired) electrons. The van der Waals surface area contributed by atoms with Crippen LogP contribution in [0.4, 0.5) is 4.79 Å². The zero-order valence-electron chi connectivity index (χ0n) is 16.3. The molecule has 1 atom stereocenters. The summed E-state index contributed by atoms with van der Waals surface area (Å²) < 4.78 is 0. The van der Waals surface area contributed by atoms with Gasteiger partial charge in [0.2, 0.25) is 0 Å². The molecule has 5 rings (SSSR count). The van der Waals surface area contributed by atoms with Gasteiger partial charge in [0.1, 0.15) is 5.54 Å². The van der Waals surface area contributed by atoms with Crippen LogP contribution in [0.5, 0.6) is 0 Å². The molecule has 5 aliphatic rings. The quantitative estimate of drug-likeness (QED) is 0.737. The Hall–Kier alpha value is -1.39. The summed E-state index contributed by atoms with van der Waals surface area (Å²) >= 11 is 0. The van der Waals surface area contributed by atoms with E-state index in [2.05, 4.69) is 19.2 Å². The van der Waals surface area contributed by atoms with Crippen molar-refractivity contribution in [3.05, 3.63) is 0 Å². The Morgan fingerprint density at radius 3 is 2.15 bits per heavy atom. The van der Waals surface area contributed by atoms with Crippen molar-refractivity contribution in [2.45, 2.75) is 77.7 Å². The van der Waals surface area contributed by atoms with Gasteiger partial charge in [-0.25, -0.2) is 4.79 Å². The summed E-state index contributed by atoms with van der Waals surface area (Å²) in [5, 5.41) is 2.85. The van der Waals surface area contributed by atoms with E-state index in [1.165, 1.54) is 24.2 Å². The van der Waals surface area contributed by atoms with Crippen LogP contribution in [-0.2, 0) is 9.59 Å². The second kappa shape index (κ2) is 6.07. The van der Waals surface area contributed by atoms with E-state index < -0.39 is 5.54 Å². The normalized spacial score (nSPS) is 41.2. The predicted octanol–water partition coefficient (Wildman–Crippen LogP) is 3.52. The number of hydrogen-bond donors (Lipinski definition) is 1. The number of Topliss-reactive ketones (excluding diaryl/α,β-unsaturated/α-hetero) is 1. The zero-order valence-corrected chi connectivity index (χ0v) is 16.3. The van der Waals surface area contributed by atoms with Gasteiger partial charge >= 0.3 is 6.03 Å². The van der Waals surface area contributed by atoms with Crippen LogP contribution in [-0.4, -0.2) is 34.7 Å². The lowest BCUT2D eigenvalue weighted by molar-refractivity contribution is -0.147. The molecule has 26 heavy (non-hydrogen) atoms. The highest BCUT2D eigenvalue weighted by molar-refractivity contribution is 6.09. The maximum atomic E-state index is 13.2. The second-order valence-corrected chi connectivity index (χ2v) is 10.2. The summed E-state index contributed by atoms with van der Waals surface area (Å²) in [6.07, 6.45) is 8.27. The number of hydrogen-bond acceptors (Lipinski definition) is 3. The van der Waals surface area contributed by atoms with Crippen LogP contribution >= 0.6 is 0 Å². The van der Waals surface area contributed by atoms with E-state index in [-0.39, 0.29) is 29.7 Å². The number of amides is 3. The number of urea groups is 1. The molecule has 5 nitrogen and oxygen atoms in total. The van der Waals surface area contributed by atoms with E-state index in [1.54, 1.807) is 6.92 Å². The van der Waals surface area contributed by atoms with E-state index in [0.29, 0.717) is 30.1 Å². The Bertz CT molecular complexity index is 606. The van der Waals surface area contributed by atoms with Gasteiger partial charge in [-0.2, -0.15) is 0 Å². The third-order valence-electron chi connectivity index (χ3n) is 7.50. The molecule has 5 heteroatoms. The maximum absolute atomic E-state index is 13.2. The maximum Gasteiger partial charge on any atom is 0.325 e. The fourth-order valence-electron chi connectivity index (χ4n) is 6.40. The Balaban J connectivity index is 1.46. The molecule has 4 bridgehead atoms. The largest absolute Gasteiger partial charge is 0.325 e. The van der Waals surface area contributed by atoms with Crippen LogP contribution in [0.2, 0.25) is 0 Å². The number of ketones is 1. The van der Waals surface area contributed by atoms with Crippen molar-refractivity contribution in [2.24, 2.45) is 29.1 Å². The Morgan fingerprint density at radius 1 is 1.12 bits per heavy atom. The van der Waals surface area contributed by atoms with Crippen molar-refractivity contribution in [3.8, 4) is 0 Å². The standard InChI is InChI=1S/C21H32N2O3/c1-13(2)4-5-20(3)18(25)23(19(26)22-20)12-17(24)21-9-14-6-15(10-21)8-16(7-14)11-21/h13-16H,4-12H2,1-3H3,(H,22,26)/t14?,15?,16?,20-,21?/m1/s1. The molecular weight excluding hydrogens is 328 g/mol. The molecular formula is C21H32N2O3. The predicted molar refractivity (Wildman–Crippen MR) is 98.3 cm³/mol. The van der Waals surface area contributed by atoms with Crippen LogP contribution in [0.15, 0.2) is 0 Å². The summed E-state index contributed by atoms with van der Waals surface area (Å²) in [5.41, 5.74) is -1.12. The molecule has 1 heterocycles. The second-order valence-electron chi connectivity index (χ2n) is 10.2. The molecule has 4 aliphatic carbocycles. The molecule has 1 aliphatic heterocycles. The van der Waals surface area contributed by atoms with Crippen LogP contribution < -0.4 is 5.32 Å². The molecule has 4 saturated carbocycles. The first-order chi connectivity index (χ1) is 12.2. The number of carbonyl (C=O) groups is 3. The van der Waals surface area contributed by atoms with E-state index in [9.17, 15) is 14.4 Å². The van der Waals surface area contributed by atoms with Crippen LogP contribution in [0.25, 0.3) is 0 Å². The average Bonchev–Trinajstić information content (AvgIpc) is 2.75. The van der Waals surface area contributed by atoms with Crippen LogP contribution in [0.3, 0.4) is 0 Å². The van der Waals surface area contributed by atoms with Gasteiger partial charge in [0.15, 0.2) is 5.78 Å². The molecule has 0 unspecified atom stereocenters. The fraction of sp³-hybridized carbons (Fsp3) is 0.857. The molecule has 0 aromatic carbocycles. The monoisotopic (exact) mass is 360 g/mol. The topological polar surface area (TPSA) is 66.5 Å². The van der Waals surface area contributed by atoms with Gasteiger partial charge in [-0.1, -0.05) is 13.8 Å². The highest BCUT2D eigenvalue weighted by atomic mass is 16.2. The molecule has 5 fully saturated rings. The Kier molecular flexibility index (Phi) is 4.20. The minimum Gasteiger partial charge on any atom is -0.323 e. The average molecular weight is 360 g/mol. The summed E-state index contributed by atoms with van der Waals surface area (Å²) in [6, 6.07) is -0.390. The third-order valence-corrected chi connectivity index (χ3v) is 7.50. The van der Waals surface area contributed by atoms with Crippen molar-refractivity contribution in [1.82, 2.24) is 10.2 Å². The molecule has 0 aromatic heterocycles. The summed E-state index contributed by atoms with van der Waals surface area (Å²) in [7, 11) is 0. The van der Waals surface area contributed by atoms with Crippen LogP contribution in [0.1, 0.15) is 72.1 Å². The molecule has 0 spiro atoms. The molecule has 1 N–H and O–H groups in total. The minimum absolute atomic E-state index is 0.0336. The van der Waals surface area contributed by atoms with Gasteiger partial charge < -0.3 is 5.32 Å². The van der Waals surface area contributed by atoms with Crippen molar-refractivity contribution < 1.29 is 14.4 Å². The minimum atomic E-state index is -0.858. The summed E-state index contributed by atoms with van der Waals surface area (Å²) in [4.78, 5) is 39.8. The first-order valence-corrected chi connectivity index (χ1v) is 10.4. The lowest BCUT2D eigenvalue weighted by atomic mass is 9.48. The van der Waals surface area contributed by atoms with Gasteiger partial charge in [-0.3, -0.25) is 14.5 Å². The van der Waals surface area contributed by atoms with E-state index in [1.807, 2.05) is 0 Å². The van der Waals surface area contributed by atoms with Crippen molar-refractivity contribution in [1.29, 1.82) is 0 Å².